The zero-order chi connectivity index (χ0) is 14.5. The molecule has 0 bridgehead atoms. The summed E-state index contributed by atoms with van der Waals surface area (Å²) in [5.41, 5.74) is 5.61. The molecule has 0 radical (unpaired) electrons. The van der Waals surface area contributed by atoms with Crippen LogP contribution in [0.5, 0.6) is 0 Å². The number of hydrogen-bond donors (Lipinski definition) is 2. The number of carbonyl (C=O) groups excluding carboxylic acids is 2. The lowest BCUT2D eigenvalue weighted by Crippen LogP contribution is -2.49. The molecule has 2 amide bonds. The second-order valence-electron chi connectivity index (χ2n) is 6.23. The van der Waals surface area contributed by atoms with Crippen LogP contribution in [0.15, 0.2) is 0 Å². The molecule has 1 aliphatic heterocycles. The van der Waals surface area contributed by atoms with Crippen LogP contribution in [0.4, 0.5) is 0 Å². The van der Waals surface area contributed by atoms with Crippen LogP contribution in [-0.2, 0) is 9.59 Å². The van der Waals surface area contributed by atoms with Crippen LogP contribution in [0.1, 0.15) is 51.9 Å². The van der Waals surface area contributed by atoms with Gasteiger partial charge in [0.15, 0.2) is 0 Å². The molecular weight excluding hydrogens is 254 g/mol. The second kappa shape index (κ2) is 7.07. The molecule has 1 atom stereocenters. The van der Waals surface area contributed by atoms with Crippen LogP contribution in [-0.4, -0.2) is 41.9 Å². The minimum atomic E-state index is -0.442. The first-order valence-electron chi connectivity index (χ1n) is 7.92. The van der Waals surface area contributed by atoms with E-state index in [2.05, 4.69) is 5.32 Å². The van der Waals surface area contributed by atoms with Crippen molar-refractivity contribution in [2.24, 2.45) is 11.7 Å². The fourth-order valence-electron chi connectivity index (χ4n) is 3.22. The molecule has 1 saturated heterocycles. The Balaban J connectivity index is 1.75. The summed E-state index contributed by atoms with van der Waals surface area (Å²) in [4.78, 5) is 25.8. The Kier molecular flexibility index (Phi) is 5.40. The van der Waals surface area contributed by atoms with Crippen molar-refractivity contribution in [3.05, 3.63) is 0 Å². The van der Waals surface area contributed by atoms with Gasteiger partial charge in [0.1, 0.15) is 0 Å². The first-order chi connectivity index (χ1) is 9.58. The lowest BCUT2D eigenvalue weighted by Gasteiger charge is -2.33. The zero-order valence-electron chi connectivity index (χ0n) is 12.4. The molecule has 0 unspecified atom stereocenters. The molecule has 2 rings (SSSR count). The van der Waals surface area contributed by atoms with Crippen LogP contribution < -0.4 is 11.1 Å². The van der Waals surface area contributed by atoms with Gasteiger partial charge in [-0.25, -0.2) is 0 Å². The number of amides is 2. The molecule has 3 N–H and O–H groups in total. The number of nitrogens with two attached hydrogens (primary N) is 1. The molecule has 0 aromatic carbocycles. The number of nitrogens with zero attached hydrogens (tertiary/aromatic N) is 1. The minimum absolute atomic E-state index is 0.00358. The Morgan fingerprint density at radius 1 is 1.10 bits per heavy atom. The maximum atomic E-state index is 12.2. The predicted octanol–water partition coefficient (Wildman–Crippen LogP) is 1.02. The third kappa shape index (κ3) is 3.95. The van der Waals surface area contributed by atoms with Gasteiger partial charge in [0.2, 0.25) is 11.8 Å². The van der Waals surface area contributed by atoms with Crippen molar-refractivity contribution in [3.8, 4) is 0 Å². The number of likely N-dealkylation sites (tertiary alicyclic amines) is 1. The minimum Gasteiger partial charge on any atom is -0.353 e. The van der Waals surface area contributed by atoms with E-state index >= 15 is 0 Å². The van der Waals surface area contributed by atoms with Crippen LogP contribution in [0, 0.1) is 5.92 Å². The topological polar surface area (TPSA) is 75.4 Å². The van der Waals surface area contributed by atoms with Gasteiger partial charge >= 0.3 is 0 Å². The summed E-state index contributed by atoms with van der Waals surface area (Å²) < 4.78 is 0. The normalized spacial score (nSPS) is 23.4. The molecule has 114 valence electrons. The average Bonchev–Trinajstić information content (AvgIpc) is 2.47. The fraction of sp³-hybridized carbons (Fsp3) is 0.867. The summed E-state index contributed by atoms with van der Waals surface area (Å²) in [6, 6.07) is -0.0670. The van der Waals surface area contributed by atoms with Crippen LogP contribution >= 0.6 is 0 Å². The Labute approximate surface area is 121 Å². The summed E-state index contributed by atoms with van der Waals surface area (Å²) in [7, 11) is 0. The van der Waals surface area contributed by atoms with E-state index in [4.69, 9.17) is 5.73 Å². The third-order valence-corrected chi connectivity index (χ3v) is 4.52. The van der Waals surface area contributed by atoms with Crippen molar-refractivity contribution in [2.45, 2.75) is 64.0 Å². The van der Waals surface area contributed by atoms with E-state index in [9.17, 15) is 9.59 Å². The molecule has 20 heavy (non-hydrogen) atoms. The Hall–Kier alpha value is -1.10. The highest BCUT2D eigenvalue weighted by Gasteiger charge is 2.29. The monoisotopic (exact) mass is 281 g/mol. The van der Waals surface area contributed by atoms with E-state index in [1.807, 2.05) is 0 Å². The van der Waals surface area contributed by atoms with Crippen molar-refractivity contribution in [3.63, 3.8) is 0 Å². The number of rotatable bonds is 3. The molecule has 1 heterocycles. The first-order valence-corrected chi connectivity index (χ1v) is 7.92. The molecule has 0 aromatic rings. The maximum absolute atomic E-state index is 12.2. The van der Waals surface area contributed by atoms with Crippen molar-refractivity contribution in [2.75, 3.05) is 13.1 Å². The van der Waals surface area contributed by atoms with E-state index in [1.165, 1.54) is 19.3 Å². The van der Waals surface area contributed by atoms with Crippen molar-refractivity contribution >= 4 is 11.8 Å². The molecule has 1 saturated carbocycles. The summed E-state index contributed by atoms with van der Waals surface area (Å²) in [5, 5.41) is 3.19. The molecule has 2 aliphatic rings. The third-order valence-electron chi connectivity index (χ3n) is 4.52. The number of nitrogens with one attached hydrogen (secondary N) is 1. The van der Waals surface area contributed by atoms with Crippen molar-refractivity contribution < 1.29 is 9.59 Å². The smallest absolute Gasteiger partial charge is 0.239 e. The van der Waals surface area contributed by atoms with E-state index < -0.39 is 6.04 Å². The Morgan fingerprint density at radius 3 is 2.25 bits per heavy atom. The lowest BCUT2D eigenvalue weighted by atomic mass is 9.92. The van der Waals surface area contributed by atoms with Crippen molar-refractivity contribution in [1.82, 2.24) is 10.2 Å². The van der Waals surface area contributed by atoms with Gasteiger partial charge in [-0.1, -0.05) is 19.3 Å². The molecule has 1 aliphatic carbocycles. The highest BCUT2D eigenvalue weighted by atomic mass is 16.2. The number of hydrogen-bond acceptors (Lipinski definition) is 3. The molecule has 0 aromatic heterocycles. The van der Waals surface area contributed by atoms with Crippen LogP contribution in [0.2, 0.25) is 0 Å². The number of piperidine rings is 1. The lowest BCUT2D eigenvalue weighted by molar-refractivity contribution is -0.136. The number of carbonyl (C=O) groups is 2. The summed E-state index contributed by atoms with van der Waals surface area (Å²) >= 11 is 0. The molecule has 2 fully saturated rings. The Morgan fingerprint density at radius 2 is 1.70 bits per heavy atom. The van der Waals surface area contributed by atoms with E-state index in [0.29, 0.717) is 19.1 Å². The summed E-state index contributed by atoms with van der Waals surface area (Å²) in [6.07, 6.45) is 7.51. The van der Waals surface area contributed by atoms with Gasteiger partial charge in [0.05, 0.1) is 6.04 Å². The van der Waals surface area contributed by atoms with Crippen LogP contribution in [0.3, 0.4) is 0 Å². The molecule has 5 heteroatoms. The summed E-state index contributed by atoms with van der Waals surface area (Å²) in [6.45, 7) is 3.02. The highest BCUT2D eigenvalue weighted by molar-refractivity contribution is 5.82. The Bertz CT molecular complexity index is 343. The SMILES string of the molecule is C[C@@H](N)C(=O)N1CCC(C(=O)NC2CCCCC2)CC1. The average molecular weight is 281 g/mol. The fourth-order valence-corrected chi connectivity index (χ4v) is 3.22. The van der Waals surface area contributed by atoms with E-state index in [1.54, 1.807) is 11.8 Å². The van der Waals surface area contributed by atoms with Gasteiger partial charge in [-0.3, -0.25) is 9.59 Å². The van der Waals surface area contributed by atoms with Gasteiger partial charge in [-0.2, -0.15) is 0 Å². The summed E-state index contributed by atoms with van der Waals surface area (Å²) in [5.74, 6) is 0.245. The zero-order valence-corrected chi connectivity index (χ0v) is 12.4. The largest absolute Gasteiger partial charge is 0.353 e. The van der Waals surface area contributed by atoms with Gasteiger partial charge in [-0.15, -0.1) is 0 Å². The standard InChI is InChI=1S/C15H27N3O2/c1-11(16)15(20)18-9-7-12(8-10-18)14(19)17-13-5-3-2-4-6-13/h11-13H,2-10,16H2,1H3,(H,17,19)/t11-/m1/s1. The van der Waals surface area contributed by atoms with Crippen molar-refractivity contribution in [1.29, 1.82) is 0 Å². The predicted molar refractivity (Wildman–Crippen MR) is 78.0 cm³/mol. The van der Waals surface area contributed by atoms with Crippen LogP contribution in [0.25, 0.3) is 0 Å². The van der Waals surface area contributed by atoms with Gasteiger partial charge in [0, 0.05) is 25.0 Å². The molecular formula is C15H27N3O2. The van der Waals surface area contributed by atoms with Gasteiger partial charge < -0.3 is 16.0 Å². The van der Waals surface area contributed by atoms with E-state index in [0.717, 1.165) is 25.7 Å². The van der Waals surface area contributed by atoms with Gasteiger partial charge in [0.25, 0.3) is 0 Å². The van der Waals surface area contributed by atoms with E-state index in [-0.39, 0.29) is 17.7 Å². The quantitative estimate of drug-likeness (QED) is 0.811. The second-order valence-corrected chi connectivity index (χ2v) is 6.23. The molecule has 0 spiro atoms. The first kappa shape index (κ1) is 15.3. The molecule has 5 nitrogen and oxygen atoms in total. The maximum Gasteiger partial charge on any atom is 0.239 e. The highest BCUT2D eigenvalue weighted by Crippen LogP contribution is 2.21. The van der Waals surface area contributed by atoms with Gasteiger partial charge in [-0.05, 0) is 32.6 Å².